The summed E-state index contributed by atoms with van der Waals surface area (Å²) in [6.07, 6.45) is 8.95. The number of imidazole rings is 1. The van der Waals surface area contributed by atoms with Crippen molar-refractivity contribution in [3.8, 4) is 22.6 Å². The molecule has 0 saturated heterocycles. The summed E-state index contributed by atoms with van der Waals surface area (Å²) in [7, 11) is 0. The predicted molar refractivity (Wildman–Crippen MR) is 282 cm³/mol. The number of rotatable bonds is 24. The Labute approximate surface area is 438 Å². The molecule has 6 aromatic rings. The number of carbonyl (C=O) groups is 7. The van der Waals surface area contributed by atoms with Gasteiger partial charge in [-0.15, -0.1) is 0 Å². The van der Waals surface area contributed by atoms with E-state index in [0.717, 1.165) is 67.9 Å². The van der Waals surface area contributed by atoms with E-state index in [1.54, 1.807) is 42.6 Å². The third-order valence-electron chi connectivity index (χ3n) is 13.1. The second kappa shape index (κ2) is 24.9. The third-order valence-corrected chi connectivity index (χ3v) is 13.1. The Bertz CT molecular complexity index is 3110. The summed E-state index contributed by atoms with van der Waals surface area (Å²) in [5, 5.41) is 21.7. The van der Waals surface area contributed by atoms with Crippen molar-refractivity contribution in [1.29, 1.82) is 0 Å². The highest BCUT2D eigenvalue weighted by atomic mass is 16.5. The molecule has 1 aliphatic carbocycles. The highest BCUT2D eigenvalue weighted by Crippen LogP contribution is 2.34. The van der Waals surface area contributed by atoms with E-state index in [9.17, 15) is 33.6 Å². The number of ether oxygens (including phenoxy) is 1. The lowest BCUT2D eigenvalue weighted by atomic mass is 10.0. The van der Waals surface area contributed by atoms with Gasteiger partial charge in [0.25, 0.3) is 11.8 Å². The minimum Gasteiger partial charge on any atom is -0.445 e. The summed E-state index contributed by atoms with van der Waals surface area (Å²) >= 11 is 0. The number of unbranched alkanes of at least 4 members (excludes halogenated alkanes) is 2. The summed E-state index contributed by atoms with van der Waals surface area (Å²) in [6.45, 7) is 6.31. The number of hydrogen-bond donors (Lipinski definition) is 8. The van der Waals surface area contributed by atoms with Gasteiger partial charge in [-0.2, -0.15) is 5.10 Å². The number of pyridine rings is 2. The molecule has 0 fully saturated rings. The maximum Gasteiger partial charge on any atom is 0.407 e. The van der Waals surface area contributed by atoms with Crippen LogP contribution in [0.4, 0.5) is 21.0 Å². The minimum absolute atomic E-state index is 0.0279. The number of benzene rings is 2. The molecule has 5 heterocycles. The molecule has 8 rings (SSSR count). The zero-order valence-electron chi connectivity index (χ0n) is 42.6. The number of aromatic amines is 1. The van der Waals surface area contributed by atoms with Crippen LogP contribution in [0.3, 0.4) is 0 Å². The smallest absolute Gasteiger partial charge is 0.407 e. The molecule has 0 bridgehead atoms. The van der Waals surface area contributed by atoms with Crippen LogP contribution in [0.2, 0.25) is 0 Å². The number of alkyl carbamates (subject to hydrolysis) is 1. The van der Waals surface area contributed by atoms with Crippen molar-refractivity contribution in [2.45, 2.75) is 103 Å². The largest absolute Gasteiger partial charge is 0.445 e. The van der Waals surface area contributed by atoms with E-state index in [-0.39, 0.29) is 62.2 Å². The Morgan fingerprint density at radius 1 is 0.882 bits per heavy atom. The fraction of sp³-hybridized carbons (Fsp3) is 0.352. The van der Waals surface area contributed by atoms with E-state index < -0.39 is 36.0 Å². The number of aryl methyl sites for hydroxylation is 2. The van der Waals surface area contributed by atoms with E-state index >= 15 is 0 Å². The lowest BCUT2D eigenvalue weighted by Crippen LogP contribution is -2.54. The van der Waals surface area contributed by atoms with Crippen LogP contribution in [0.15, 0.2) is 97.5 Å². The summed E-state index contributed by atoms with van der Waals surface area (Å²) in [5.41, 5.74) is 14.2. The molecule has 2 aliphatic rings. The summed E-state index contributed by atoms with van der Waals surface area (Å²) in [6, 6.07) is 19.6. The van der Waals surface area contributed by atoms with E-state index in [0.29, 0.717) is 49.9 Å². The predicted octanol–water partition coefficient (Wildman–Crippen LogP) is 5.51. The first-order chi connectivity index (χ1) is 36.7. The normalized spacial score (nSPS) is 14.6. The maximum atomic E-state index is 13.7. The maximum absolute atomic E-state index is 13.7. The van der Waals surface area contributed by atoms with Gasteiger partial charge in [0.15, 0.2) is 5.65 Å². The Kier molecular flexibility index (Phi) is 17.4. The number of nitrogens with two attached hydrogens (primary N) is 1. The molecule has 4 aromatic heterocycles. The third kappa shape index (κ3) is 14.0. The van der Waals surface area contributed by atoms with E-state index in [1.807, 2.05) is 55.6 Å². The van der Waals surface area contributed by atoms with Crippen molar-refractivity contribution >= 4 is 58.7 Å². The molecule has 22 heteroatoms. The lowest BCUT2D eigenvalue weighted by molar-refractivity contribution is -0.137. The van der Waals surface area contributed by atoms with Gasteiger partial charge in [0.2, 0.25) is 17.7 Å². The van der Waals surface area contributed by atoms with Gasteiger partial charge in [-0.3, -0.25) is 33.9 Å². The van der Waals surface area contributed by atoms with Gasteiger partial charge in [0.05, 0.1) is 24.0 Å². The number of nitrogens with zero attached hydrogens (tertiary/aromatic N) is 6. The van der Waals surface area contributed by atoms with Crippen molar-refractivity contribution in [3.05, 3.63) is 126 Å². The van der Waals surface area contributed by atoms with Crippen molar-refractivity contribution in [2.24, 2.45) is 11.7 Å². The van der Waals surface area contributed by atoms with Crippen LogP contribution in [-0.2, 0) is 48.3 Å². The highest BCUT2D eigenvalue weighted by Gasteiger charge is 2.30. The first kappa shape index (κ1) is 53.3. The molecular weight excluding hydrogens is 973 g/mol. The van der Waals surface area contributed by atoms with E-state index in [1.165, 1.54) is 18.5 Å². The minimum atomic E-state index is -1.04. The Morgan fingerprint density at radius 3 is 2.43 bits per heavy atom. The molecule has 0 spiro atoms. The van der Waals surface area contributed by atoms with E-state index in [4.69, 9.17) is 20.4 Å². The average Bonchev–Trinajstić information content (AvgIpc) is 4.22. The van der Waals surface area contributed by atoms with Crippen LogP contribution in [0, 0.1) is 12.8 Å². The van der Waals surface area contributed by atoms with Gasteiger partial charge in [-0.1, -0.05) is 44.5 Å². The quantitative estimate of drug-likeness (QED) is 0.0274. The van der Waals surface area contributed by atoms with Crippen LogP contribution in [0.25, 0.3) is 28.3 Å². The SMILES string of the molecule is Cc1cccc(-c2nc(CNc3ccc4c(c3)CCC4NC(=O)OCc3ccc(NC(=O)[C@H](CCCNC(N)=O)NC(=O)C(NC(=O)CCCCCN4C(=O)C=CC4=O)C(C)C)cc3)[nH]c2-c2ccc3ncnn3c2)n1. The van der Waals surface area contributed by atoms with Gasteiger partial charge in [-0.25, -0.2) is 24.1 Å². The van der Waals surface area contributed by atoms with Crippen LogP contribution >= 0.6 is 0 Å². The number of anilines is 2. The zero-order chi connectivity index (χ0) is 53.7. The number of nitrogens with one attached hydrogen (secondary N) is 7. The van der Waals surface area contributed by atoms with Crippen molar-refractivity contribution in [3.63, 3.8) is 0 Å². The van der Waals surface area contributed by atoms with Gasteiger partial charge in [0, 0.05) is 60.5 Å². The van der Waals surface area contributed by atoms with Crippen LogP contribution < -0.4 is 37.6 Å². The molecule has 2 aromatic carbocycles. The second-order valence-electron chi connectivity index (χ2n) is 19.1. The first-order valence-electron chi connectivity index (χ1n) is 25.4. The fourth-order valence-electron chi connectivity index (χ4n) is 9.06. The highest BCUT2D eigenvalue weighted by molar-refractivity contribution is 6.12. The van der Waals surface area contributed by atoms with Crippen molar-refractivity contribution in [2.75, 3.05) is 23.7 Å². The van der Waals surface area contributed by atoms with Crippen LogP contribution in [0.1, 0.15) is 93.0 Å². The fourth-order valence-corrected chi connectivity index (χ4v) is 9.06. The summed E-state index contributed by atoms with van der Waals surface area (Å²) in [4.78, 5) is 107. The number of H-pyrrole nitrogens is 1. The number of amides is 8. The van der Waals surface area contributed by atoms with Crippen molar-refractivity contribution < 1.29 is 38.3 Å². The Balaban J connectivity index is 0.802. The topological polar surface area (TPSA) is 302 Å². The molecule has 22 nitrogen and oxygen atoms in total. The van der Waals surface area contributed by atoms with Gasteiger partial charge < -0.3 is 47.4 Å². The Morgan fingerprint density at radius 2 is 1.67 bits per heavy atom. The standard InChI is InChI=1S/C54H62N14O8/c1-32(2)48(66-45(69)12-5-4-6-26-67-46(70)23-24-47(67)71)52(73)62-42(11-8-25-56-53(55)74)51(72)61-37-17-13-34(14-18-37)30-76-54(75)63-40-21-15-35-27-38(19-20-39(35)40)57-28-43-64-49(36-16-22-44-58-31-59-68(44)29-36)50(65-43)41-10-7-9-33(3)60-41/h7,9-10,13-14,16-20,22-24,27,29,31-32,40,42,48,57H,4-6,8,11-12,15,21,25-26,28,30H2,1-3H3,(H,61,72)(H,62,73)(H,63,75)(H,64,65)(H,66,69)(H3,55,56,74)/t40?,42-,48?/m0/s1. The molecule has 396 valence electrons. The number of fused-ring (bicyclic) bond motifs is 2. The molecule has 3 atom stereocenters. The first-order valence-corrected chi connectivity index (χ1v) is 25.4. The molecule has 1 aliphatic heterocycles. The zero-order valence-corrected chi connectivity index (χ0v) is 42.6. The Hall–Kier alpha value is -8.95. The molecule has 2 unspecified atom stereocenters. The number of imide groups is 1. The lowest BCUT2D eigenvalue weighted by Gasteiger charge is -2.25. The number of primary amides is 1. The molecule has 0 saturated carbocycles. The molecular formula is C54H62N14O8. The second-order valence-corrected chi connectivity index (χ2v) is 19.1. The molecule has 8 amide bonds. The average molecular weight is 1040 g/mol. The summed E-state index contributed by atoms with van der Waals surface area (Å²) < 4.78 is 7.32. The number of carbonyl (C=O) groups excluding carboxylic acids is 7. The number of urea groups is 1. The summed E-state index contributed by atoms with van der Waals surface area (Å²) in [5.74, 6) is -1.74. The van der Waals surface area contributed by atoms with Crippen LogP contribution in [0.5, 0.6) is 0 Å². The monoisotopic (exact) mass is 1030 g/mol. The number of aromatic nitrogens is 6. The van der Waals surface area contributed by atoms with E-state index in [2.05, 4.69) is 53.0 Å². The van der Waals surface area contributed by atoms with Crippen molar-refractivity contribution in [1.82, 2.24) is 55.7 Å². The van der Waals surface area contributed by atoms with Gasteiger partial charge in [0.1, 0.15) is 36.5 Å². The molecule has 9 N–H and O–H groups in total. The molecule has 76 heavy (non-hydrogen) atoms. The van der Waals surface area contributed by atoms with Gasteiger partial charge in [-0.05, 0) is 117 Å². The number of hydrogen-bond acceptors (Lipinski definition) is 13. The van der Waals surface area contributed by atoms with Gasteiger partial charge >= 0.3 is 12.1 Å². The molecule has 0 radical (unpaired) electrons. The van der Waals surface area contributed by atoms with Crippen LogP contribution in [-0.4, -0.2) is 101 Å².